The Kier molecular flexibility index (Phi) is 4.91. The molecule has 7 heteroatoms. The zero-order chi connectivity index (χ0) is 21.6. The molecular formula is C24H27FN4O2. The van der Waals surface area contributed by atoms with Crippen LogP contribution in [0, 0.1) is 11.2 Å². The van der Waals surface area contributed by atoms with Gasteiger partial charge in [-0.1, -0.05) is 18.2 Å². The lowest BCUT2D eigenvalue weighted by Gasteiger charge is -2.59. The van der Waals surface area contributed by atoms with E-state index in [2.05, 4.69) is 21.3 Å². The number of carbonyl (C=O) groups is 2. The van der Waals surface area contributed by atoms with Gasteiger partial charge in [0.05, 0.1) is 17.5 Å². The average molecular weight is 423 g/mol. The number of urea groups is 1. The lowest BCUT2D eigenvalue weighted by molar-refractivity contribution is -0.181. The van der Waals surface area contributed by atoms with Crippen molar-refractivity contribution >= 4 is 11.9 Å². The maximum absolute atomic E-state index is 13.2. The molecule has 3 amide bonds. The Hall–Kier alpha value is -2.96. The highest BCUT2D eigenvalue weighted by Gasteiger charge is 2.64. The maximum Gasteiger partial charge on any atom is 0.317 e. The van der Waals surface area contributed by atoms with Gasteiger partial charge in [-0.3, -0.25) is 9.78 Å². The molecule has 3 fully saturated rings. The van der Waals surface area contributed by atoms with E-state index in [1.807, 2.05) is 19.2 Å². The fraction of sp³-hybridized carbons (Fsp3) is 0.458. The molecule has 6 nitrogen and oxygen atoms in total. The number of pyridine rings is 1. The molecule has 2 aromatic rings. The zero-order valence-corrected chi connectivity index (χ0v) is 17.6. The van der Waals surface area contributed by atoms with Gasteiger partial charge >= 0.3 is 6.03 Å². The van der Waals surface area contributed by atoms with Gasteiger partial charge in [-0.15, -0.1) is 0 Å². The van der Waals surface area contributed by atoms with E-state index in [4.69, 9.17) is 0 Å². The molecule has 5 rings (SSSR count). The van der Waals surface area contributed by atoms with Crippen molar-refractivity contribution in [1.82, 2.24) is 20.1 Å². The Morgan fingerprint density at radius 3 is 2.52 bits per heavy atom. The van der Waals surface area contributed by atoms with Crippen molar-refractivity contribution in [2.24, 2.45) is 5.41 Å². The van der Waals surface area contributed by atoms with Crippen molar-refractivity contribution in [3.63, 3.8) is 0 Å². The van der Waals surface area contributed by atoms with E-state index in [0.717, 1.165) is 24.0 Å². The molecule has 3 heterocycles. The first-order valence-electron chi connectivity index (χ1n) is 11.0. The van der Waals surface area contributed by atoms with Gasteiger partial charge < -0.3 is 15.1 Å². The number of amides is 3. The standard InChI is InChI=1S/C24H27FN4O2/c1-16(17-4-6-19(25)7-5-17)27-23(31)28-13-10-24(11-14-28)21(18-3-2-12-26-15-18)29(22(24)30)20-8-9-20/h2-7,12,15-16,20-21H,8-11,13-14H2,1H3,(H,27,31)/t16-,21?/m1/s1. The van der Waals surface area contributed by atoms with Crippen molar-refractivity contribution in [1.29, 1.82) is 0 Å². The average Bonchev–Trinajstić information content (AvgIpc) is 3.63. The molecule has 31 heavy (non-hydrogen) atoms. The number of aromatic nitrogens is 1. The molecule has 1 N–H and O–H groups in total. The minimum Gasteiger partial charge on any atom is -0.331 e. The summed E-state index contributed by atoms with van der Waals surface area (Å²) in [5.41, 5.74) is 1.52. The van der Waals surface area contributed by atoms with Crippen LogP contribution in [-0.4, -0.2) is 45.9 Å². The summed E-state index contributed by atoms with van der Waals surface area (Å²) >= 11 is 0. The van der Waals surface area contributed by atoms with E-state index >= 15 is 0 Å². The van der Waals surface area contributed by atoms with Crippen LogP contribution >= 0.6 is 0 Å². The van der Waals surface area contributed by atoms with Crippen LogP contribution in [0.1, 0.15) is 55.8 Å². The number of carbonyl (C=O) groups excluding carboxylic acids is 2. The highest BCUT2D eigenvalue weighted by molar-refractivity contribution is 5.91. The zero-order valence-electron chi connectivity index (χ0n) is 17.6. The predicted octanol–water partition coefficient (Wildman–Crippen LogP) is 3.82. The number of hydrogen-bond acceptors (Lipinski definition) is 3. The summed E-state index contributed by atoms with van der Waals surface area (Å²) in [6.45, 7) is 2.98. The second kappa shape index (κ2) is 7.62. The predicted molar refractivity (Wildman–Crippen MR) is 113 cm³/mol. The third kappa shape index (κ3) is 3.46. The number of piperidine rings is 1. The summed E-state index contributed by atoms with van der Waals surface area (Å²) in [7, 11) is 0. The Bertz CT molecular complexity index is 969. The SMILES string of the molecule is C[C@@H](NC(=O)N1CCC2(CC1)C(=O)N(C1CC1)C2c1cccnc1)c1ccc(F)cc1. The van der Waals surface area contributed by atoms with Crippen LogP contribution in [-0.2, 0) is 4.79 Å². The summed E-state index contributed by atoms with van der Waals surface area (Å²) in [4.78, 5) is 34.2. The first-order chi connectivity index (χ1) is 15.0. The van der Waals surface area contributed by atoms with Crippen LogP contribution in [0.5, 0.6) is 0 Å². The van der Waals surface area contributed by atoms with Crippen LogP contribution in [0.3, 0.4) is 0 Å². The van der Waals surface area contributed by atoms with Gasteiger partial charge in [0.2, 0.25) is 5.91 Å². The molecule has 0 radical (unpaired) electrons. The molecular weight excluding hydrogens is 395 g/mol. The number of halogens is 1. The van der Waals surface area contributed by atoms with Crippen molar-refractivity contribution in [3.05, 3.63) is 65.7 Å². The summed E-state index contributed by atoms with van der Waals surface area (Å²) in [5, 5.41) is 3.00. The summed E-state index contributed by atoms with van der Waals surface area (Å²) in [5.74, 6) is -0.0548. The van der Waals surface area contributed by atoms with E-state index in [0.29, 0.717) is 32.0 Å². The normalized spacial score (nSPS) is 23.4. The minimum absolute atomic E-state index is 0.0598. The first kappa shape index (κ1) is 20.0. The Labute approximate surface area is 181 Å². The van der Waals surface area contributed by atoms with Gasteiger partial charge in [0, 0.05) is 31.5 Å². The quantitative estimate of drug-likeness (QED) is 0.762. The van der Waals surface area contributed by atoms with E-state index in [1.165, 1.54) is 12.1 Å². The van der Waals surface area contributed by atoms with Crippen LogP contribution in [0.15, 0.2) is 48.8 Å². The number of nitrogens with zero attached hydrogens (tertiary/aromatic N) is 3. The van der Waals surface area contributed by atoms with Gasteiger partial charge in [-0.05, 0) is 61.9 Å². The van der Waals surface area contributed by atoms with Crippen LogP contribution in [0.2, 0.25) is 0 Å². The molecule has 1 unspecified atom stereocenters. The van der Waals surface area contributed by atoms with E-state index in [-0.39, 0.29) is 29.8 Å². The van der Waals surface area contributed by atoms with E-state index in [9.17, 15) is 14.0 Å². The molecule has 162 valence electrons. The number of benzene rings is 1. The number of likely N-dealkylation sites (tertiary alicyclic amines) is 2. The van der Waals surface area contributed by atoms with Crippen molar-refractivity contribution in [3.8, 4) is 0 Å². The fourth-order valence-electron chi connectivity index (χ4n) is 5.15. The summed E-state index contributed by atoms with van der Waals surface area (Å²) in [6.07, 6.45) is 7.10. The molecule has 2 saturated heterocycles. The largest absolute Gasteiger partial charge is 0.331 e. The molecule has 0 bridgehead atoms. The highest BCUT2D eigenvalue weighted by Crippen LogP contribution is 2.59. The maximum atomic E-state index is 13.2. The summed E-state index contributed by atoms with van der Waals surface area (Å²) in [6, 6.07) is 10.2. The summed E-state index contributed by atoms with van der Waals surface area (Å²) < 4.78 is 13.2. The number of β-lactam (4-membered cyclic amide) rings is 1. The van der Waals surface area contributed by atoms with E-state index < -0.39 is 5.41 Å². The van der Waals surface area contributed by atoms with Gasteiger partial charge in [0.25, 0.3) is 0 Å². The van der Waals surface area contributed by atoms with Crippen molar-refractivity contribution < 1.29 is 14.0 Å². The smallest absolute Gasteiger partial charge is 0.317 e. The lowest BCUT2D eigenvalue weighted by atomic mass is 9.62. The Balaban J connectivity index is 1.26. The van der Waals surface area contributed by atoms with Crippen LogP contribution in [0.4, 0.5) is 9.18 Å². The minimum atomic E-state index is -0.426. The van der Waals surface area contributed by atoms with Gasteiger partial charge in [-0.2, -0.15) is 0 Å². The molecule has 1 aliphatic carbocycles. The van der Waals surface area contributed by atoms with E-state index in [1.54, 1.807) is 23.2 Å². The Morgan fingerprint density at radius 1 is 1.19 bits per heavy atom. The lowest BCUT2D eigenvalue weighted by Crippen LogP contribution is -2.67. The second-order valence-corrected chi connectivity index (χ2v) is 9.00. The molecule has 2 atom stereocenters. The number of nitrogens with one attached hydrogen (secondary N) is 1. The first-order valence-corrected chi connectivity index (χ1v) is 11.0. The topological polar surface area (TPSA) is 65.5 Å². The second-order valence-electron chi connectivity index (χ2n) is 9.00. The number of rotatable bonds is 4. The molecule has 2 aliphatic heterocycles. The van der Waals surface area contributed by atoms with Crippen LogP contribution < -0.4 is 5.32 Å². The van der Waals surface area contributed by atoms with Gasteiger partial charge in [0.15, 0.2) is 0 Å². The Morgan fingerprint density at radius 2 is 1.90 bits per heavy atom. The van der Waals surface area contributed by atoms with Gasteiger partial charge in [-0.25, -0.2) is 9.18 Å². The van der Waals surface area contributed by atoms with Crippen LogP contribution in [0.25, 0.3) is 0 Å². The third-order valence-corrected chi connectivity index (χ3v) is 7.06. The third-order valence-electron chi connectivity index (χ3n) is 7.06. The molecule has 3 aliphatic rings. The van der Waals surface area contributed by atoms with Crippen molar-refractivity contribution in [2.45, 2.75) is 50.7 Å². The molecule has 1 aromatic carbocycles. The monoisotopic (exact) mass is 422 g/mol. The highest BCUT2D eigenvalue weighted by atomic mass is 19.1. The van der Waals surface area contributed by atoms with Crippen molar-refractivity contribution in [2.75, 3.05) is 13.1 Å². The van der Waals surface area contributed by atoms with Gasteiger partial charge in [0.1, 0.15) is 5.82 Å². The molecule has 1 aromatic heterocycles. The molecule has 1 spiro atoms. The fourth-order valence-corrected chi connectivity index (χ4v) is 5.15. The molecule has 1 saturated carbocycles. The number of hydrogen-bond donors (Lipinski definition) is 1.